The fraction of sp³-hybridized carbons (Fsp3) is 0.273. The molecule has 0 N–H and O–H groups in total. The van der Waals surface area contributed by atoms with Crippen LogP contribution in [-0.4, -0.2) is 29.6 Å². The topological polar surface area (TPSA) is 64.8 Å². The Morgan fingerprint density at radius 2 is 1.54 bits per heavy atom. The number of rotatable bonds is 7. The molecule has 3 rings (SSSR count). The lowest BCUT2D eigenvalue weighted by Crippen LogP contribution is -2.31. The van der Waals surface area contributed by atoms with Crippen molar-refractivity contribution in [1.29, 1.82) is 0 Å². The fourth-order valence-corrected chi connectivity index (χ4v) is 2.65. The highest BCUT2D eigenvalue weighted by atomic mass is 16.5. The van der Waals surface area contributed by atoms with E-state index in [4.69, 9.17) is 14.0 Å². The SMILES string of the molecule is Cc1ccc(Oc2ccc(OCC(=O)N(C)Cc3c(C)noc3C)cc2)cc1. The Balaban J connectivity index is 1.51. The summed E-state index contributed by atoms with van der Waals surface area (Å²) in [4.78, 5) is 13.9. The number of nitrogens with zero attached hydrogens (tertiary/aromatic N) is 2. The van der Waals surface area contributed by atoms with Crippen molar-refractivity contribution >= 4 is 5.91 Å². The number of hydrogen-bond donors (Lipinski definition) is 0. The number of ether oxygens (including phenoxy) is 2. The first kappa shape index (κ1) is 19.5. The first-order valence-corrected chi connectivity index (χ1v) is 9.05. The molecule has 2 aromatic carbocycles. The van der Waals surface area contributed by atoms with Gasteiger partial charge in [0.2, 0.25) is 0 Å². The lowest BCUT2D eigenvalue weighted by atomic mass is 10.2. The van der Waals surface area contributed by atoms with E-state index in [0.717, 1.165) is 22.8 Å². The predicted molar refractivity (Wildman–Crippen MR) is 106 cm³/mol. The molecule has 0 saturated heterocycles. The van der Waals surface area contributed by atoms with Gasteiger partial charge in [0, 0.05) is 12.6 Å². The van der Waals surface area contributed by atoms with Gasteiger partial charge in [0.25, 0.3) is 5.91 Å². The quantitative estimate of drug-likeness (QED) is 0.607. The number of hydrogen-bond acceptors (Lipinski definition) is 5. The minimum atomic E-state index is -0.125. The van der Waals surface area contributed by atoms with Crippen LogP contribution < -0.4 is 9.47 Å². The number of carbonyl (C=O) groups is 1. The Labute approximate surface area is 164 Å². The molecule has 0 radical (unpaired) electrons. The van der Waals surface area contributed by atoms with Gasteiger partial charge in [0.15, 0.2) is 6.61 Å². The zero-order valence-electron chi connectivity index (χ0n) is 16.6. The average Bonchev–Trinajstić information content (AvgIpc) is 3.01. The average molecular weight is 380 g/mol. The van der Waals surface area contributed by atoms with Crippen molar-refractivity contribution < 1.29 is 18.8 Å². The predicted octanol–water partition coefficient (Wildman–Crippen LogP) is 4.43. The van der Waals surface area contributed by atoms with Crippen LogP contribution in [0.1, 0.15) is 22.6 Å². The Bertz CT molecular complexity index is 911. The molecule has 0 aliphatic carbocycles. The molecule has 3 aromatic rings. The van der Waals surface area contributed by atoms with Gasteiger partial charge in [-0.2, -0.15) is 0 Å². The van der Waals surface area contributed by atoms with Crippen LogP contribution in [0.3, 0.4) is 0 Å². The third-order valence-electron chi connectivity index (χ3n) is 4.44. The summed E-state index contributed by atoms with van der Waals surface area (Å²) in [7, 11) is 1.73. The number of aryl methyl sites for hydroxylation is 3. The Morgan fingerprint density at radius 1 is 0.964 bits per heavy atom. The molecule has 1 heterocycles. The highest BCUT2D eigenvalue weighted by Crippen LogP contribution is 2.24. The van der Waals surface area contributed by atoms with E-state index in [9.17, 15) is 4.79 Å². The van der Waals surface area contributed by atoms with Crippen molar-refractivity contribution in [1.82, 2.24) is 10.1 Å². The first-order chi connectivity index (χ1) is 13.4. The Hall–Kier alpha value is -3.28. The van der Waals surface area contributed by atoms with E-state index in [0.29, 0.717) is 18.0 Å². The van der Waals surface area contributed by atoms with Crippen LogP contribution in [0.25, 0.3) is 0 Å². The van der Waals surface area contributed by atoms with Crippen LogP contribution >= 0.6 is 0 Å². The maximum Gasteiger partial charge on any atom is 0.260 e. The molecule has 146 valence electrons. The highest BCUT2D eigenvalue weighted by Gasteiger charge is 2.16. The third-order valence-corrected chi connectivity index (χ3v) is 4.44. The normalized spacial score (nSPS) is 10.6. The van der Waals surface area contributed by atoms with Gasteiger partial charge in [0.05, 0.1) is 12.2 Å². The Kier molecular flexibility index (Phi) is 5.99. The van der Waals surface area contributed by atoms with E-state index in [1.807, 2.05) is 57.2 Å². The van der Waals surface area contributed by atoms with Crippen molar-refractivity contribution in [2.24, 2.45) is 0 Å². The second-order valence-corrected chi connectivity index (χ2v) is 6.73. The minimum Gasteiger partial charge on any atom is -0.484 e. The minimum absolute atomic E-state index is 0.0436. The van der Waals surface area contributed by atoms with Gasteiger partial charge in [0.1, 0.15) is 23.0 Å². The standard InChI is InChI=1S/C22H24N2O4/c1-15-5-7-19(8-6-15)27-20-11-9-18(10-12-20)26-14-22(25)24(4)13-21-16(2)23-28-17(21)3/h5-12H,13-14H2,1-4H3. The maximum atomic E-state index is 12.3. The van der Waals surface area contributed by atoms with Crippen LogP contribution in [0.4, 0.5) is 0 Å². The molecule has 28 heavy (non-hydrogen) atoms. The van der Waals surface area contributed by atoms with E-state index in [1.165, 1.54) is 5.56 Å². The molecule has 0 unspecified atom stereocenters. The molecule has 0 bridgehead atoms. The second-order valence-electron chi connectivity index (χ2n) is 6.73. The van der Waals surface area contributed by atoms with Crippen molar-refractivity contribution in [2.45, 2.75) is 27.3 Å². The molecule has 0 aliphatic rings. The summed E-state index contributed by atoms with van der Waals surface area (Å²) in [5.74, 6) is 2.69. The van der Waals surface area contributed by atoms with Gasteiger partial charge < -0.3 is 18.9 Å². The molecule has 1 amide bonds. The second kappa shape index (κ2) is 8.61. The molecular formula is C22H24N2O4. The van der Waals surface area contributed by atoms with Crippen LogP contribution in [0, 0.1) is 20.8 Å². The van der Waals surface area contributed by atoms with Gasteiger partial charge in [-0.05, 0) is 57.2 Å². The van der Waals surface area contributed by atoms with Crippen molar-refractivity contribution in [2.75, 3.05) is 13.7 Å². The first-order valence-electron chi connectivity index (χ1n) is 9.05. The zero-order chi connectivity index (χ0) is 20.1. The van der Waals surface area contributed by atoms with E-state index < -0.39 is 0 Å². The molecule has 0 aliphatic heterocycles. The summed E-state index contributed by atoms with van der Waals surface area (Å²) in [5.41, 5.74) is 2.90. The number of amides is 1. The lowest BCUT2D eigenvalue weighted by molar-refractivity contribution is -0.132. The summed E-state index contributed by atoms with van der Waals surface area (Å²) < 4.78 is 16.5. The van der Waals surface area contributed by atoms with Crippen LogP contribution in [0.2, 0.25) is 0 Å². The number of likely N-dealkylation sites (N-methyl/N-ethyl adjacent to an activating group) is 1. The molecule has 6 nitrogen and oxygen atoms in total. The summed E-state index contributed by atoms with van der Waals surface area (Å²) in [5, 5.41) is 3.91. The molecule has 6 heteroatoms. The fourth-order valence-electron chi connectivity index (χ4n) is 2.65. The van der Waals surface area contributed by atoms with Gasteiger partial charge in [-0.1, -0.05) is 22.9 Å². The number of carbonyl (C=O) groups excluding carboxylic acids is 1. The molecule has 0 fully saturated rings. The van der Waals surface area contributed by atoms with E-state index in [2.05, 4.69) is 5.16 Å². The lowest BCUT2D eigenvalue weighted by Gasteiger charge is -2.17. The van der Waals surface area contributed by atoms with Crippen LogP contribution in [0.5, 0.6) is 17.2 Å². The zero-order valence-corrected chi connectivity index (χ0v) is 16.6. The van der Waals surface area contributed by atoms with Crippen molar-refractivity contribution in [3.05, 3.63) is 71.1 Å². The monoisotopic (exact) mass is 380 g/mol. The number of benzene rings is 2. The third kappa shape index (κ3) is 4.91. The van der Waals surface area contributed by atoms with E-state index >= 15 is 0 Å². The molecule has 0 spiro atoms. The van der Waals surface area contributed by atoms with Gasteiger partial charge in [-0.25, -0.2) is 0 Å². The van der Waals surface area contributed by atoms with E-state index in [1.54, 1.807) is 24.1 Å². The van der Waals surface area contributed by atoms with Crippen molar-refractivity contribution in [3.8, 4) is 17.2 Å². The van der Waals surface area contributed by atoms with E-state index in [-0.39, 0.29) is 12.5 Å². The molecule has 0 saturated carbocycles. The largest absolute Gasteiger partial charge is 0.484 e. The Morgan fingerprint density at radius 3 is 2.11 bits per heavy atom. The van der Waals surface area contributed by atoms with Gasteiger partial charge in [-0.3, -0.25) is 4.79 Å². The van der Waals surface area contributed by atoms with Gasteiger partial charge >= 0.3 is 0 Å². The summed E-state index contributed by atoms with van der Waals surface area (Å²) >= 11 is 0. The highest BCUT2D eigenvalue weighted by molar-refractivity contribution is 5.77. The molecule has 0 atom stereocenters. The molecular weight excluding hydrogens is 356 g/mol. The van der Waals surface area contributed by atoms with Crippen molar-refractivity contribution in [3.63, 3.8) is 0 Å². The van der Waals surface area contributed by atoms with Crippen LogP contribution in [0.15, 0.2) is 53.1 Å². The summed E-state index contributed by atoms with van der Waals surface area (Å²) in [6.45, 7) is 6.12. The molecule has 1 aromatic heterocycles. The van der Waals surface area contributed by atoms with Crippen LogP contribution in [-0.2, 0) is 11.3 Å². The summed E-state index contributed by atoms with van der Waals surface area (Å²) in [6, 6.07) is 15.0. The van der Waals surface area contributed by atoms with Gasteiger partial charge in [-0.15, -0.1) is 0 Å². The number of aromatic nitrogens is 1. The summed E-state index contributed by atoms with van der Waals surface area (Å²) in [6.07, 6.45) is 0. The smallest absolute Gasteiger partial charge is 0.260 e. The maximum absolute atomic E-state index is 12.3.